The molecule has 5 heteroatoms. The molecular formula is C15H11N3O2. The van der Waals surface area contributed by atoms with Gasteiger partial charge in [0.1, 0.15) is 11.6 Å². The first-order valence-electron chi connectivity index (χ1n) is 6.24. The zero-order valence-electron chi connectivity index (χ0n) is 10.6. The number of nitro groups is 1. The zero-order chi connectivity index (χ0) is 14.1. The van der Waals surface area contributed by atoms with E-state index in [1.165, 1.54) is 11.6 Å². The summed E-state index contributed by atoms with van der Waals surface area (Å²) < 4.78 is 0. The lowest BCUT2D eigenvalue weighted by Gasteiger charge is -2.19. The number of hydrogen-bond donors (Lipinski definition) is 0. The molecule has 1 heterocycles. The van der Waals surface area contributed by atoms with Crippen molar-refractivity contribution in [1.29, 1.82) is 5.26 Å². The van der Waals surface area contributed by atoms with Crippen LogP contribution in [0.15, 0.2) is 42.5 Å². The normalized spacial score (nSPS) is 12.8. The first-order chi connectivity index (χ1) is 9.70. The van der Waals surface area contributed by atoms with E-state index in [0.717, 1.165) is 24.3 Å². The van der Waals surface area contributed by atoms with Crippen molar-refractivity contribution < 1.29 is 4.92 Å². The number of para-hydroxylation sites is 1. The van der Waals surface area contributed by atoms with Crippen LogP contribution in [0.2, 0.25) is 0 Å². The van der Waals surface area contributed by atoms with Gasteiger partial charge >= 0.3 is 0 Å². The van der Waals surface area contributed by atoms with Crippen molar-refractivity contribution in [1.82, 2.24) is 0 Å². The molecule has 0 saturated heterocycles. The number of hydrogen-bond acceptors (Lipinski definition) is 4. The molecule has 2 aromatic rings. The minimum Gasteiger partial charge on any atom is -0.341 e. The fraction of sp³-hybridized carbons (Fsp3) is 0.133. The maximum absolute atomic E-state index is 10.9. The largest absolute Gasteiger partial charge is 0.341 e. The SMILES string of the molecule is N#Cc1cc(N2CCc3ccccc32)ccc1[N+](=O)[O-]. The fourth-order valence-corrected chi connectivity index (χ4v) is 2.55. The van der Waals surface area contributed by atoms with Gasteiger partial charge in [0.05, 0.1) is 4.92 Å². The average Bonchev–Trinajstić information content (AvgIpc) is 2.90. The predicted octanol–water partition coefficient (Wildman–Crippen LogP) is 3.16. The summed E-state index contributed by atoms with van der Waals surface area (Å²) >= 11 is 0. The summed E-state index contributed by atoms with van der Waals surface area (Å²) in [6, 6.07) is 14.6. The van der Waals surface area contributed by atoms with Crippen LogP contribution in [-0.2, 0) is 6.42 Å². The molecule has 0 bridgehead atoms. The van der Waals surface area contributed by atoms with Crippen molar-refractivity contribution in [3.8, 4) is 6.07 Å². The Labute approximate surface area is 115 Å². The number of benzene rings is 2. The molecule has 0 N–H and O–H groups in total. The van der Waals surface area contributed by atoms with Gasteiger partial charge in [0.2, 0.25) is 0 Å². The molecule has 0 fully saturated rings. The van der Waals surface area contributed by atoms with Crippen molar-refractivity contribution in [3.63, 3.8) is 0 Å². The van der Waals surface area contributed by atoms with Crippen molar-refractivity contribution in [2.24, 2.45) is 0 Å². The second-order valence-corrected chi connectivity index (χ2v) is 4.60. The third-order valence-corrected chi connectivity index (χ3v) is 3.50. The smallest absolute Gasteiger partial charge is 0.287 e. The summed E-state index contributed by atoms with van der Waals surface area (Å²) in [6.45, 7) is 0.821. The van der Waals surface area contributed by atoms with Crippen molar-refractivity contribution >= 4 is 17.1 Å². The van der Waals surface area contributed by atoms with Gasteiger partial charge in [-0.05, 0) is 30.2 Å². The van der Waals surface area contributed by atoms with Crippen LogP contribution < -0.4 is 4.90 Å². The summed E-state index contributed by atoms with van der Waals surface area (Å²) in [4.78, 5) is 12.4. The van der Waals surface area contributed by atoms with Crippen LogP contribution >= 0.6 is 0 Å². The molecule has 0 saturated carbocycles. The van der Waals surface area contributed by atoms with E-state index in [1.807, 2.05) is 24.3 Å². The number of nitrogens with zero attached hydrogens (tertiary/aromatic N) is 3. The minimum absolute atomic E-state index is 0.0943. The van der Waals surface area contributed by atoms with Crippen LogP contribution in [0.3, 0.4) is 0 Å². The predicted molar refractivity (Wildman–Crippen MR) is 75.0 cm³/mol. The molecule has 0 unspecified atom stereocenters. The van der Waals surface area contributed by atoms with Gasteiger partial charge in [0.25, 0.3) is 5.69 Å². The Morgan fingerprint density at radius 2 is 2.05 bits per heavy atom. The Bertz CT molecular complexity index is 734. The molecule has 5 nitrogen and oxygen atoms in total. The quantitative estimate of drug-likeness (QED) is 0.617. The summed E-state index contributed by atoms with van der Waals surface area (Å²) in [7, 11) is 0. The highest BCUT2D eigenvalue weighted by Gasteiger charge is 2.22. The molecule has 1 aliphatic rings. The molecule has 1 aliphatic heterocycles. The third-order valence-electron chi connectivity index (χ3n) is 3.50. The van der Waals surface area contributed by atoms with E-state index >= 15 is 0 Å². The van der Waals surface area contributed by atoms with Crippen LogP contribution in [-0.4, -0.2) is 11.5 Å². The summed E-state index contributed by atoms with van der Waals surface area (Å²) in [6.07, 6.45) is 0.940. The van der Waals surface area contributed by atoms with E-state index < -0.39 is 4.92 Å². The Morgan fingerprint density at radius 1 is 1.25 bits per heavy atom. The number of nitriles is 1. The fourth-order valence-electron chi connectivity index (χ4n) is 2.55. The second kappa shape index (κ2) is 4.67. The third kappa shape index (κ3) is 1.88. The van der Waals surface area contributed by atoms with Gasteiger partial charge in [-0.25, -0.2) is 0 Å². The lowest BCUT2D eigenvalue weighted by molar-refractivity contribution is -0.385. The topological polar surface area (TPSA) is 70.2 Å². The van der Waals surface area contributed by atoms with Crippen molar-refractivity contribution in [2.45, 2.75) is 6.42 Å². The van der Waals surface area contributed by atoms with Crippen LogP contribution in [0, 0.1) is 21.4 Å². The van der Waals surface area contributed by atoms with Gasteiger partial charge in [-0.15, -0.1) is 0 Å². The monoisotopic (exact) mass is 265 g/mol. The highest BCUT2D eigenvalue weighted by Crippen LogP contribution is 2.35. The molecule has 0 radical (unpaired) electrons. The molecule has 0 spiro atoms. The molecule has 0 amide bonds. The van der Waals surface area contributed by atoms with E-state index in [9.17, 15) is 10.1 Å². The standard InChI is InChI=1S/C15H11N3O2/c16-10-12-9-13(5-6-15(12)18(19)20)17-8-7-11-3-1-2-4-14(11)17/h1-6,9H,7-8H2. The number of fused-ring (bicyclic) bond motifs is 1. The first kappa shape index (κ1) is 12.2. The molecule has 0 aliphatic carbocycles. The van der Waals surface area contributed by atoms with E-state index in [0.29, 0.717) is 0 Å². The van der Waals surface area contributed by atoms with E-state index in [4.69, 9.17) is 5.26 Å². The molecule has 98 valence electrons. The molecule has 0 atom stereocenters. The van der Waals surface area contributed by atoms with Gasteiger partial charge < -0.3 is 4.90 Å². The summed E-state index contributed by atoms with van der Waals surface area (Å²) in [5, 5.41) is 19.9. The molecule has 20 heavy (non-hydrogen) atoms. The summed E-state index contributed by atoms with van der Waals surface area (Å²) in [5.41, 5.74) is 3.12. The van der Waals surface area contributed by atoms with Gasteiger partial charge in [-0.3, -0.25) is 10.1 Å². The first-order valence-corrected chi connectivity index (χ1v) is 6.24. The van der Waals surface area contributed by atoms with Gasteiger partial charge in [-0.1, -0.05) is 18.2 Å². The van der Waals surface area contributed by atoms with Crippen molar-refractivity contribution in [3.05, 3.63) is 63.7 Å². The highest BCUT2D eigenvalue weighted by atomic mass is 16.6. The Balaban J connectivity index is 2.05. The zero-order valence-corrected chi connectivity index (χ0v) is 10.6. The van der Waals surface area contributed by atoms with Gasteiger partial charge in [0, 0.05) is 24.0 Å². The molecule has 2 aromatic carbocycles. The maximum atomic E-state index is 10.9. The van der Waals surface area contributed by atoms with E-state index in [2.05, 4.69) is 11.0 Å². The van der Waals surface area contributed by atoms with E-state index in [1.54, 1.807) is 12.1 Å². The van der Waals surface area contributed by atoms with Crippen LogP contribution in [0.25, 0.3) is 0 Å². The summed E-state index contributed by atoms with van der Waals surface area (Å²) in [5.74, 6) is 0. The maximum Gasteiger partial charge on any atom is 0.287 e. The number of anilines is 2. The minimum atomic E-state index is -0.528. The Morgan fingerprint density at radius 3 is 2.80 bits per heavy atom. The van der Waals surface area contributed by atoms with Crippen LogP contribution in [0.4, 0.5) is 17.1 Å². The number of rotatable bonds is 2. The van der Waals surface area contributed by atoms with Gasteiger partial charge in [-0.2, -0.15) is 5.26 Å². The average molecular weight is 265 g/mol. The lowest BCUT2D eigenvalue weighted by atomic mass is 10.1. The lowest BCUT2D eigenvalue weighted by Crippen LogP contribution is -2.13. The van der Waals surface area contributed by atoms with Gasteiger partial charge in [0.15, 0.2) is 0 Å². The Kier molecular flexibility index (Phi) is 2.84. The molecule has 3 rings (SSSR count). The van der Waals surface area contributed by atoms with Crippen molar-refractivity contribution in [2.75, 3.05) is 11.4 Å². The second-order valence-electron chi connectivity index (χ2n) is 4.60. The van der Waals surface area contributed by atoms with E-state index in [-0.39, 0.29) is 11.3 Å². The molecule has 0 aromatic heterocycles. The van der Waals surface area contributed by atoms with Crippen LogP contribution in [0.5, 0.6) is 0 Å². The number of nitro benzene ring substituents is 1. The van der Waals surface area contributed by atoms with Crippen LogP contribution in [0.1, 0.15) is 11.1 Å². The molecular weight excluding hydrogens is 254 g/mol. The Hall–Kier alpha value is -2.87. The highest BCUT2D eigenvalue weighted by molar-refractivity contribution is 5.72.